The lowest BCUT2D eigenvalue weighted by Crippen LogP contribution is -2.34. The molecule has 2 aromatic heterocycles. The number of carbonyl (C=O) groups excluding carboxylic acids is 1. The van der Waals surface area contributed by atoms with E-state index in [9.17, 15) is 4.79 Å². The van der Waals surface area contributed by atoms with E-state index in [1.165, 1.54) is 11.5 Å². The molecule has 0 saturated carbocycles. The van der Waals surface area contributed by atoms with Gasteiger partial charge in [-0.1, -0.05) is 25.9 Å². The normalized spacial score (nSPS) is 17.0. The van der Waals surface area contributed by atoms with Crippen LogP contribution in [0.4, 0.5) is 0 Å². The number of amides is 1. The van der Waals surface area contributed by atoms with Crippen molar-refractivity contribution in [2.75, 3.05) is 26.2 Å². The monoisotopic (exact) mass is 349 g/mol. The molecule has 0 N–H and O–H groups in total. The van der Waals surface area contributed by atoms with Crippen molar-refractivity contribution >= 4 is 17.4 Å². The van der Waals surface area contributed by atoms with E-state index in [4.69, 9.17) is 4.52 Å². The minimum absolute atomic E-state index is 0.0777. The molecule has 1 amide bonds. The average molecular weight is 349 g/mol. The summed E-state index contributed by atoms with van der Waals surface area (Å²) in [5.41, 5.74) is -0.137. The Morgan fingerprint density at radius 3 is 2.79 bits per heavy atom. The fourth-order valence-electron chi connectivity index (χ4n) is 2.64. The Morgan fingerprint density at radius 2 is 2.12 bits per heavy atom. The first-order chi connectivity index (χ1) is 11.4. The van der Waals surface area contributed by atoms with Crippen molar-refractivity contribution in [1.29, 1.82) is 0 Å². The van der Waals surface area contributed by atoms with Crippen LogP contribution >= 0.6 is 11.5 Å². The molecule has 130 valence electrons. The molecule has 3 rings (SSSR count). The number of hydrogen-bond acceptors (Lipinski definition) is 7. The van der Waals surface area contributed by atoms with Crippen LogP contribution in [0.5, 0.6) is 0 Å². The zero-order valence-electron chi connectivity index (χ0n) is 14.4. The second-order valence-corrected chi connectivity index (χ2v) is 7.90. The first kappa shape index (κ1) is 17.0. The molecule has 0 aliphatic carbocycles. The van der Waals surface area contributed by atoms with Crippen LogP contribution in [0.2, 0.25) is 0 Å². The fourth-order valence-corrected chi connectivity index (χ4v) is 3.20. The highest BCUT2D eigenvalue weighted by atomic mass is 32.1. The van der Waals surface area contributed by atoms with E-state index in [0.29, 0.717) is 29.7 Å². The largest absolute Gasteiger partial charge is 0.339 e. The molecule has 1 saturated heterocycles. The summed E-state index contributed by atoms with van der Waals surface area (Å²) in [5.74, 6) is 1.45. The van der Waals surface area contributed by atoms with Gasteiger partial charge in [0.1, 0.15) is 4.88 Å². The van der Waals surface area contributed by atoms with E-state index in [2.05, 4.69) is 40.2 Å². The van der Waals surface area contributed by atoms with Gasteiger partial charge in [-0.05, 0) is 24.0 Å². The molecule has 0 spiro atoms. The summed E-state index contributed by atoms with van der Waals surface area (Å²) in [6.45, 7) is 10.0. The van der Waals surface area contributed by atoms with Crippen LogP contribution in [0, 0.1) is 0 Å². The van der Waals surface area contributed by atoms with Gasteiger partial charge in [0.05, 0.1) is 6.54 Å². The average Bonchev–Trinajstić information content (AvgIpc) is 3.15. The fraction of sp³-hybridized carbons (Fsp3) is 0.625. The van der Waals surface area contributed by atoms with Gasteiger partial charge in [-0.15, -0.1) is 0 Å². The first-order valence-corrected chi connectivity index (χ1v) is 8.96. The SMILES string of the molecule is CC(C)(C)c1nc(CN2CCCN(C(=O)c3ccns3)CC2)no1. The molecule has 0 unspecified atom stereocenters. The quantitative estimate of drug-likeness (QED) is 0.845. The molecule has 8 heteroatoms. The maximum atomic E-state index is 12.4. The van der Waals surface area contributed by atoms with Gasteiger partial charge in [-0.25, -0.2) is 4.37 Å². The second-order valence-electron chi connectivity index (χ2n) is 7.06. The molecule has 0 atom stereocenters. The molecule has 7 nitrogen and oxygen atoms in total. The summed E-state index contributed by atoms with van der Waals surface area (Å²) in [4.78, 5) is 21.8. The predicted molar refractivity (Wildman–Crippen MR) is 90.9 cm³/mol. The van der Waals surface area contributed by atoms with Crippen LogP contribution in [0.1, 0.15) is 48.6 Å². The van der Waals surface area contributed by atoms with Gasteiger partial charge in [0.2, 0.25) is 5.89 Å². The van der Waals surface area contributed by atoms with E-state index in [1.807, 2.05) is 4.90 Å². The maximum absolute atomic E-state index is 12.4. The van der Waals surface area contributed by atoms with Gasteiger partial charge in [-0.3, -0.25) is 9.69 Å². The summed E-state index contributed by atoms with van der Waals surface area (Å²) in [6, 6.07) is 1.78. The highest BCUT2D eigenvalue weighted by Crippen LogP contribution is 2.20. The summed E-state index contributed by atoms with van der Waals surface area (Å²) < 4.78 is 9.36. The molecule has 0 bridgehead atoms. The Labute approximate surface area is 145 Å². The molecule has 0 aromatic carbocycles. The van der Waals surface area contributed by atoms with Crippen LogP contribution in [0.15, 0.2) is 16.8 Å². The summed E-state index contributed by atoms with van der Waals surface area (Å²) >= 11 is 1.25. The van der Waals surface area contributed by atoms with E-state index in [1.54, 1.807) is 12.3 Å². The Morgan fingerprint density at radius 1 is 1.29 bits per heavy atom. The smallest absolute Gasteiger partial charge is 0.265 e. The Bertz CT molecular complexity index is 677. The highest BCUT2D eigenvalue weighted by molar-refractivity contribution is 7.08. The van der Waals surface area contributed by atoms with Crippen molar-refractivity contribution in [2.24, 2.45) is 0 Å². The Balaban J connectivity index is 1.58. The number of aromatic nitrogens is 3. The number of hydrogen-bond donors (Lipinski definition) is 0. The van der Waals surface area contributed by atoms with Crippen molar-refractivity contribution in [1.82, 2.24) is 24.3 Å². The Kier molecular flexibility index (Phi) is 4.96. The van der Waals surface area contributed by atoms with Crippen molar-refractivity contribution < 1.29 is 9.32 Å². The molecule has 3 heterocycles. The van der Waals surface area contributed by atoms with Gasteiger partial charge in [0.25, 0.3) is 5.91 Å². The van der Waals surface area contributed by atoms with Crippen LogP contribution in [0.25, 0.3) is 0 Å². The number of carbonyl (C=O) groups is 1. The van der Waals surface area contributed by atoms with Gasteiger partial charge in [0.15, 0.2) is 5.82 Å². The van der Waals surface area contributed by atoms with E-state index in [-0.39, 0.29) is 11.3 Å². The lowest BCUT2D eigenvalue weighted by atomic mass is 9.97. The summed E-state index contributed by atoms with van der Waals surface area (Å²) in [7, 11) is 0. The summed E-state index contributed by atoms with van der Waals surface area (Å²) in [5, 5.41) is 4.09. The lowest BCUT2D eigenvalue weighted by molar-refractivity contribution is 0.0765. The van der Waals surface area contributed by atoms with Gasteiger partial charge >= 0.3 is 0 Å². The number of rotatable bonds is 3. The van der Waals surface area contributed by atoms with Crippen molar-refractivity contribution in [3.63, 3.8) is 0 Å². The van der Waals surface area contributed by atoms with Gasteiger partial charge in [-0.2, -0.15) is 4.98 Å². The molecule has 1 aliphatic rings. The third-order valence-corrected chi connectivity index (χ3v) is 4.73. The zero-order chi connectivity index (χ0) is 17.2. The zero-order valence-corrected chi connectivity index (χ0v) is 15.2. The van der Waals surface area contributed by atoms with Crippen molar-refractivity contribution in [3.8, 4) is 0 Å². The van der Waals surface area contributed by atoms with Gasteiger partial charge < -0.3 is 9.42 Å². The van der Waals surface area contributed by atoms with Crippen LogP contribution < -0.4 is 0 Å². The van der Waals surface area contributed by atoms with Crippen molar-refractivity contribution in [2.45, 2.75) is 39.2 Å². The van der Waals surface area contributed by atoms with Crippen LogP contribution in [-0.4, -0.2) is 56.4 Å². The third kappa shape index (κ3) is 3.99. The molecular weight excluding hydrogens is 326 g/mol. The molecular formula is C16H23N5O2S. The van der Waals surface area contributed by atoms with Crippen LogP contribution in [-0.2, 0) is 12.0 Å². The first-order valence-electron chi connectivity index (χ1n) is 8.19. The van der Waals surface area contributed by atoms with E-state index in [0.717, 1.165) is 26.1 Å². The Hall–Kier alpha value is -1.80. The molecule has 0 radical (unpaired) electrons. The lowest BCUT2D eigenvalue weighted by Gasteiger charge is -2.20. The number of nitrogens with zero attached hydrogens (tertiary/aromatic N) is 5. The van der Waals surface area contributed by atoms with E-state index < -0.39 is 0 Å². The molecule has 1 aliphatic heterocycles. The summed E-state index contributed by atoms with van der Waals surface area (Å²) in [6.07, 6.45) is 2.61. The predicted octanol–water partition coefficient (Wildman–Crippen LogP) is 2.17. The van der Waals surface area contributed by atoms with E-state index >= 15 is 0 Å². The second kappa shape index (κ2) is 6.98. The topological polar surface area (TPSA) is 75.4 Å². The molecule has 1 fully saturated rings. The third-order valence-electron chi connectivity index (χ3n) is 4.00. The van der Waals surface area contributed by atoms with Gasteiger partial charge in [0, 0.05) is 37.8 Å². The minimum Gasteiger partial charge on any atom is -0.339 e. The molecule has 2 aromatic rings. The highest BCUT2D eigenvalue weighted by Gasteiger charge is 2.24. The van der Waals surface area contributed by atoms with Crippen molar-refractivity contribution in [3.05, 3.63) is 28.9 Å². The maximum Gasteiger partial charge on any atom is 0.265 e. The molecule has 24 heavy (non-hydrogen) atoms. The standard InChI is InChI=1S/C16H23N5O2S/c1-16(2,3)15-18-13(19-23-15)11-20-7-4-8-21(10-9-20)14(22)12-5-6-17-24-12/h5-6H,4,7-11H2,1-3H3. The van der Waals surface area contributed by atoms with Crippen LogP contribution in [0.3, 0.4) is 0 Å². The minimum atomic E-state index is -0.137.